The van der Waals surface area contributed by atoms with Crippen molar-refractivity contribution in [1.82, 2.24) is 10.3 Å². The molecule has 0 saturated carbocycles. The second-order valence-electron chi connectivity index (χ2n) is 4.29. The number of hydrogen-bond donors (Lipinski definition) is 2. The van der Waals surface area contributed by atoms with Gasteiger partial charge in [-0.25, -0.2) is 9.78 Å². The minimum Gasteiger partial charge on any atom is -0.480 e. The molecule has 0 saturated heterocycles. The number of thiophene rings is 1. The molecule has 0 spiro atoms. The number of nitrogens with one attached hydrogen (secondary N) is 1. The van der Waals surface area contributed by atoms with Crippen LogP contribution < -0.4 is 5.32 Å². The Bertz CT molecular complexity index is 653. The third-order valence-electron chi connectivity index (χ3n) is 2.72. The van der Waals surface area contributed by atoms with Gasteiger partial charge in [-0.3, -0.25) is 4.79 Å². The van der Waals surface area contributed by atoms with Crippen LogP contribution in [0.3, 0.4) is 0 Å². The second kappa shape index (κ2) is 7.02. The molecule has 2 rings (SSSR count). The van der Waals surface area contributed by atoms with Crippen molar-refractivity contribution in [1.29, 1.82) is 0 Å². The summed E-state index contributed by atoms with van der Waals surface area (Å²) < 4.78 is 0.687. The van der Waals surface area contributed by atoms with Crippen LogP contribution in [0, 0.1) is 0 Å². The van der Waals surface area contributed by atoms with Crippen molar-refractivity contribution in [3.63, 3.8) is 0 Å². The van der Waals surface area contributed by atoms with Gasteiger partial charge in [0.2, 0.25) is 5.91 Å². The average molecular weight is 345 g/mol. The van der Waals surface area contributed by atoms with E-state index in [1.54, 1.807) is 18.4 Å². The van der Waals surface area contributed by atoms with Gasteiger partial charge in [-0.05, 0) is 18.6 Å². The van der Waals surface area contributed by atoms with Crippen LogP contribution in [-0.2, 0) is 16.0 Å². The summed E-state index contributed by atoms with van der Waals surface area (Å²) in [4.78, 5) is 28.0. The molecule has 0 aromatic carbocycles. The Morgan fingerprint density at radius 1 is 1.48 bits per heavy atom. The number of carbonyl (C=O) groups is 2. The van der Waals surface area contributed by atoms with E-state index in [0.29, 0.717) is 16.5 Å². The fraction of sp³-hybridized carbons (Fsp3) is 0.308. The van der Waals surface area contributed by atoms with Gasteiger partial charge >= 0.3 is 5.97 Å². The average Bonchev–Trinajstić information content (AvgIpc) is 3.04. The lowest BCUT2D eigenvalue weighted by Gasteiger charge is -2.11. The van der Waals surface area contributed by atoms with E-state index < -0.39 is 12.0 Å². The number of carboxylic acid groups (broad SMARTS) is 1. The first-order valence-corrected chi connectivity index (χ1v) is 8.29. The molecule has 2 aromatic rings. The Labute approximate surface area is 134 Å². The van der Waals surface area contributed by atoms with Crippen molar-refractivity contribution in [2.24, 2.45) is 0 Å². The van der Waals surface area contributed by atoms with Gasteiger partial charge in [0.25, 0.3) is 0 Å². The zero-order valence-electron chi connectivity index (χ0n) is 11.1. The lowest BCUT2D eigenvalue weighted by atomic mass is 10.2. The first-order chi connectivity index (χ1) is 9.99. The van der Waals surface area contributed by atoms with E-state index in [9.17, 15) is 9.59 Å². The molecule has 8 heteroatoms. The first-order valence-electron chi connectivity index (χ1n) is 6.22. The Balaban J connectivity index is 1.99. The lowest BCUT2D eigenvalue weighted by Crippen LogP contribution is -2.41. The zero-order chi connectivity index (χ0) is 15.4. The van der Waals surface area contributed by atoms with Crippen molar-refractivity contribution in [2.45, 2.75) is 25.8 Å². The second-order valence-corrected chi connectivity index (χ2v) is 6.86. The maximum absolute atomic E-state index is 11.8. The predicted molar refractivity (Wildman–Crippen MR) is 84.0 cm³/mol. The summed E-state index contributed by atoms with van der Waals surface area (Å²) >= 11 is 8.74. The van der Waals surface area contributed by atoms with Crippen LogP contribution in [0.4, 0.5) is 0 Å². The molecule has 0 fully saturated rings. The molecule has 21 heavy (non-hydrogen) atoms. The number of aromatic nitrogens is 1. The number of halogens is 1. The number of carbonyl (C=O) groups excluding carboxylic acids is 1. The maximum Gasteiger partial charge on any atom is 0.326 e. The van der Waals surface area contributed by atoms with Crippen molar-refractivity contribution in [3.05, 3.63) is 27.5 Å². The SMILES string of the molecule is CCC(NC(=O)Cc1csc(-c2ccc(Cl)s2)n1)C(=O)O. The molecule has 112 valence electrons. The van der Waals surface area contributed by atoms with Crippen LogP contribution in [0.2, 0.25) is 4.34 Å². The molecular weight excluding hydrogens is 332 g/mol. The van der Waals surface area contributed by atoms with Gasteiger partial charge in [0, 0.05) is 5.38 Å². The number of amides is 1. The van der Waals surface area contributed by atoms with Crippen LogP contribution in [0.25, 0.3) is 9.88 Å². The highest BCUT2D eigenvalue weighted by Crippen LogP contribution is 2.32. The first kappa shape index (κ1) is 15.9. The summed E-state index contributed by atoms with van der Waals surface area (Å²) in [7, 11) is 0. The Morgan fingerprint density at radius 3 is 2.81 bits per heavy atom. The van der Waals surface area contributed by atoms with E-state index in [1.807, 2.05) is 6.07 Å². The predicted octanol–water partition coefficient (Wildman–Crippen LogP) is 3.05. The molecule has 1 unspecified atom stereocenters. The van der Waals surface area contributed by atoms with E-state index >= 15 is 0 Å². The summed E-state index contributed by atoms with van der Waals surface area (Å²) in [5.41, 5.74) is 0.622. The summed E-state index contributed by atoms with van der Waals surface area (Å²) in [6.07, 6.45) is 0.413. The van der Waals surface area contributed by atoms with Gasteiger partial charge in [-0.1, -0.05) is 18.5 Å². The number of nitrogens with zero attached hydrogens (tertiary/aromatic N) is 1. The van der Waals surface area contributed by atoms with E-state index in [-0.39, 0.29) is 12.3 Å². The van der Waals surface area contributed by atoms with Crippen molar-refractivity contribution >= 4 is 46.2 Å². The normalized spacial score (nSPS) is 12.1. The lowest BCUT2D eigenvalue weighted by molar-refractivity contribution is -0.141. The van der Waals surface area contributed by atoms with Crippen LogP contribution in [0.1, 0.15) is 19.0 Å². The molecule has 1 atom stereocenters. The fourth-order valence-corrected chi connectivity index (χ4v) is 3.61. The number of hydrogen-bond acceptors (Lipinski definition) is 5. The number of carboxylic acids is 1. The molecule has 5 nitrogen and oxygen atoms in total. The van der Waals surface area contributed by atoms with Gasteiger partial charge in [0.05, 0.1) is 21.3 Å². The third-order valence-corrected chi connectivity index (χ3v) is 5.01. The fourth-order valence-electron chi connectivity index (χ4n) is 1.68. The number of rotatable bonds is 6. The van der Waals surface area contributed by atoms with E-state index in [4.69, 9.17) is 16.7 Å². The van der Waals surface area contributed by atoms with Gasteiger partial charge in [0.1, 0.15) is 11.0 Å². The van der Waals surface area contributed by atoms with Gasteiger partial charge in [-0.15, -0.1) is 22.7 Å². The summed E-state index contributed by atoms with van der Waals surface area (Å²) in [6, 6.07) is 2.83. The van der Waals surface area contributed by atoms with E-state index in [2.05, 4.69) is 10.3 Å². The molecule has 1 amide bonds. The topological polar surface area (TPSA) is 79.3 Å². The van der Waals surface area contributed by atoms with E-state index in [0.717, 1.165) is 9.88 Å². The van der Waals surface area contributed by atoms with Gasteiger partial charge in [-0.2, -0.15) is 0 Å². The van der Waals surface area contributed by atoms with Crippen molar-refractivity contribution in [2.75, 3.05) is 0 Å². The Kier molecular flexibility index (Phi) is 5.33. The summed E-state index contributed by atoms with van der Waals surface area (Å²) in [5, 5.41) is 14.0. The van der Waals surface area contributed by atoms with Gasteiger partial charge < -0.3 is 10.4 Å². The van der Waals surface area contributed by atoms with Crippen LogP contribution >= 0.6 is 34.3 Å². The number of aliphatic carboxylic acids is 1. The Morgan fingerprint density at radius 2 is 2.24 bits per heavy atom. The van der Waals surface area contributed by atoms with Crippen LogP contribution in [-0.4, -0.2) is 28.0 Å². The minimum atomic E-state index is -1.03. The monoisotopic (exact) mass is 344 g/mol. The highest BCUT2D eigenvalue weighted by Gasteiger charge is 2.18. The quantitative estimate of drug-likeness (QED) is 0.844. The largest absolute Gasteiger partial charge is 0.480 e. The van der Waals surface area contributed by atoms with Gasteiger partial charge in [0.15, 0.2) is 0 Å². The zero-order valence-corrected chi connectivity index (χ0v) is 13.5. The smallest absolute Gasteiger partial charge is 0.326 e. The highest BCUT2D eigenvalue weighted by molar-refractivity contribution is 7.23. The summed E-state index contributed by atoms with van der Waals surface area (Å²) in [5.74, 6) is -1.37. The number of thiazole rings is 1. The molecule has 0 aliphatic carbocycles. The van der Waals surface area contributed by atoms with Crippen LogP contribution in [0.15, 0.2) is 17.5 Å². The highest BCUT2D eigenvalue weighted by atomic mass is 35.5. The summed E-state index contributed by atoms with van der Waals surface area (Å²) in [6.45, 7) is 1.71. The molecule has 2 heterocycles. The minimum absolute atomic E-state index is 0.0688. The Hall–Kier alpha value is -1.44. The van der Waals surface area contributed by atoms with Crippen LogP contribution in [0.5, 0.6) is 0 Å². The third kappa shape index (κ3) is 4.26. The molecule has 0 radical (unpaired) electrons. The molecule has 2 aromatic heterocycles. The molecule has 0 aliphatic heterocycles. The molecule has 0 bridgehead atoms. The van der Waals surface area contributed by atoms with Crippen molar-refractivity contribution in [3.8, 4) is 9.88 Å². The molecule has 0 aliphatic rings. The van der Waals surface area contributed by atoms with Crippen molar-refractivity contribution < 1.29 is 14.7 Å². The molecule has 2 N–H and O–H groups in total. The standard InChI is InChI=1S/C13H13ClN2O3S2/c1-2-8(13(18)19)16-11(17)5-7-6-20-12(15-7)9-3-4-10(14)21-9/h3-4,6,8H,2,5H2,1H3,(H,16,17)(H,18,19). The maximum atomic E-state index is 11.8. The molecular formula is C13H13ClN2O3S2. The van der Waals surface area contributed by atoms with E-state index in [1.165, 1.54) is 22.7 Å².